The minimum Gasteiger partial charge on any atom is -0.381 e. The van der Waals surface area contributed by atoms with E-state index in [-0.39, 0.29) is 24.0 Å². The minimum atomic E-state index is -3.20. The van der Waals surface area contributed by atoms with Crippen molar-refractivity contribution in [2.45, 2.75) is 44.9 Å². The maximum Gasteiger partial charge on any atom is 0.191 e. The zero-order valence-electron chi connectivity index (χ0n) is 15.8. The fourth-order valence-electron chi connectivity index (χ4n) is 2.88. The van der Waals surface area contributed by atoms with Gasteiger partial charge in [-0.15, -0.1) is 35.3 Å². The van der Waals surface area contributed by atoms with Crippen molar-refractivity contribution in [3.8, 4) is 0 Å². The Morgan fingerprint density at radius 2 is 1.96 bits per heavy atom. The normalized spacial score (nSPS) is 17.5. The van der Waals surface area contributed by atoms with Crippen molar-refractivity contribution in [3.63, 3.8) is 0 Å². The Morgan fingerprint density at radius 3 is 2.46 bits per heavy atom. The lowest BCUT2D eigenvalue weighted by atomic mass is 9.99. The molecule has 1 aromatic rings. The molecule has 1 saturated heterocycles. The lowest BCUT2D eigenvalue weighted by Gasteiger charge is -2.35. The monoisotopic (exact) mass is 516 g/mol. The molecule has 7 nitrogen and oxygen atoms in total. The molecule has 150 valence electrons. The van der Waals surface area contributed by atoms with Crippen molar-refractivity contribution in [3.05, 3.63) is 15.6 Å². The maximum absolute atomic E-state index is 12.3. The first-order valence-electron chi connectivity index (χ1n) is 8.50. The molecular weight excluding hydrogens is 487 g/mol. The first-order chi connectivity index (χ1) is 11.8. The Hall–Kier alpha value is -0.460. The summed E-state index contributed by atoms with van der Waals surface area (Å²) in [6, 6.07) is 0. The second-order valence-electron chi connectivity index (χ2n) is 6.36. The van der Waals surface area contributed by atoms with Crippen LogP contribution in [0.2, 0.25) is 0 Å². The summed E-state index contributed by atoms with van der Waals surface area (Å²) in [5.41, 5.74) is 0.999. The highest BCUT2D eigenvalue weighted by atomic mass is 127. The van der Waals surface area contributed by atoms with Crippen LogP contribution in [0.1, 0.15) is 35.3 Å². The van der Waals surface area contributed by atoms with E-state index in [2.05, 4.69) is 20.6 Å². The SMILES string of the molecule is CCNC(=NCc1sc(C)nc1C)NCC1(S(C)(=O)=O)CCOCC1.I. The molecule has 0 radical (unpaired) electrons. The van der Waals surface area contributed by atoms with Crippen LogP contribution in [0, 0.1) is 13.8 Å². The molecule has 0 bridgehead atoms. The average Bonchev–Trinajstić information content (AvgIpc) is 2.87. The number of rotatable bonds is 6. The van der Waals surface area contributed by atoms with Crippen LogP contribution in [0.15, 0.2) is 4.99 Å². The van der Waals surface area contributed by atoms with Gasteiger partial charge in [-0.3, -0.25) is 0 Å². The number of thiazole rings is 1. The molecule has 26 heavy (non-hydrogen) atoms. The summed E-state index contributed by atoms with van der Waals surface area (Å²) < 4.78 is 29.2. The summed E-state index contributed by atoms with van der Waals surface area (Å²) in [7, 11) is -3.20. The van der Waals surface area contributed by atoms with E-state index in [1.165, 1.54) is 6.26 Å². The van der Waals surface area contributed by atoms with E-state index in [0.717, 1.165) is 15.6 Å². The first-order valence-corrected chi connectivity index (χ1v) is 11.2. The zero-order chi connectivity index (χ0) is 18.5. The molecule has 0 atom stereocenters. The molecule has 0 aromatic carbocycles. The Morgan fingerprint density at radius 1 is 1.31 bits per heavy atom. The standard InChI is InChI=1S/C16H28N4O3S2.HI/c1-5-17-15(18-10-14-12(2)20-13(3)24-14)19-11-16(25(4,21)22)6-8-23-9-7-16;/h5-11H2,1-4H3,(H2,17,18,19);1H. The lowest BCUT2D eigenvalue weighted by Crippen LogP contribution is -2.53. The Balaban J connectivity index is 0.00000338. The number of hydrogen-bond acceptors (Lipinski definition) is 6. The van der Waals surface area contributed by atoms with Gasteiger partial charge in [0.2, 0.25) is 0 Å². The van der Waals surface area contributed by atoms with E-state index < -0.39 is 14.6 Å². The van der Waals surface area contributed by atoms with Crippen LogP contribution in [0.4, 0.5) is 0 Å². The van der Waals surface area contributed by atoms with Gasteiger partial charge in [0.15, 0.2) is 15.8 Å². The molecule has 1 aromatic heterocycles. The molecule has 2 heterocycles. The average molecular weight is 516 g/mol. The van der Waals surface area contributed by atoms with Gasteiger partial charge in [-0.05, 0) is 33.6 Å². The lowest BCUT2D eigenvalue weighted by molar-refractivity contribution is 0.0756. The van der Waals surface area contributed by atoms with Crippen molar-refractivity contribution in [1.82, 2.24) is 15.6 Å². The Bertz CT molecular complexity index is 713. The number of hydrogen-bond donors (Lipinski definition) is 2. The molecule has 0 amide bonds. The van der Waals surface area contributed by atoms with E-state index >= 15 is 0 Å². The molecule has 0 saturated carbocycles. The number of halogens is 1. The molecule has 2 N–H and O–H groups in total. The van der Waals surface area contributed by atoms with Gasteiger partial charge in [0.05, 0.1) is 22.0 Å². The van der Waals surface area contributed by atoms with Crippen molar-refractivity contribution >= 4 is 51.1 Å². The smallest absolute Gasteiger partial charge is 0.191 e. The van der Waals surface area contributed by atoms with E-state index in [1.807, 2.05) is 20.8 Å². The van der Waals surface area contributed by atoms with Crippen LogP contribution >= 0.6 is 35.3 Å². The number of guanidine groups is 1. The highest BCUT2D eigenvalue weighted by molar-refractivity contribution is 14.0. The molecule has 1 fully saturated rings. The quantitative estimate of drug-likeness (QED) is 0.342. The Kier molecular flexibility index (Phi) is 9.24. The highest BCUT2D eigenvalue weighted by Crippen LogP contribution is 2.28. The highest BCUT2D eigenvalue weighted by Gasteiger charge is 2.42. The van der Waals surface area contributed by atoms with E-state index in [9.17, 15) is 8.42 Å². The van der Waals surface area contributed by atoms with Crippen molar-refractivity contribution in [2.24, 2.45) is 4.99 Å². The van der Waals surface area contributed by atoms with E-state index in [4.69, 9.17) is 4.74 Å². The number of aromatic nitrogens is 1. The number of nitrogens with zero attached hydrogens (tertiary/aromatic N) is 2. The van der Waals surface area contributed by atoms with Gasteiger partial charge in [-0.25, -0.2) is 18.4 Å². The van der Waals surface area contributed by atoms with Gasteiger partial charge >= 0.3 is 0 Å². The molecule has 0 unspecified atom stereocenters. The summed E-state index contributed by atoms with van der Waals surface area (Å²) in [4.78, 5) is 10.1. The summed E-state index contributed by atoms with van der Waals surface area (Å²) in [6.07, 6.45) is 2.32. The second kappa shape index (κ2) is 10.2. The third-order valence-corrected chi connectivity index (χ3v) is 7.68. The van der Waals surface area contributed by atoms with Crippen LogP contribution in [0.5, 0.6) is 0 Å². The van der Waals surface area contributed by atoms with Gasteiger partial charge in [0, 0.05) is 37.4 Å². The van der Waals surface area contributed by atoms with Crippen LogP contribution in [0.25, 0.3) is 0 Å². The largest absolute Gasteiger partial charge is 0.381 e. The molecule has 10 heteroatoms. The van der Waals surface area contributed by atoms with Gasteiger partial charge in [-0.2, -0.15) is 0 Å². The predicted octanol–water partition coefficient (Wildman–Crippen LogP) is 2.03. The zero-order valence-corrected chi connectivity index (χ0v) is 19.8. The number of aliphatic imine (C=N–C) groups is 1. The summed E-state index contributed by atoms with van der Waals surface area (Å²) in [6.45, 7) is 8.47. The number of nitrogens with one attached hydrogen (secondary N) is 2. The summed E-state index contributed by atoms with van der Waals surface area (Å²) in [5.74, 6) is 0.627. The molecular formula is C16H29IN4O3S2. The third-order valence-electron chi connectivity index (χ3n) is 4.49. The van der Waals surface area contributed by atoms with Gasteiger partial charge in [0.1, 0.15) is 0 Å². The molecule has 2 rings (SSSR count). The van der Waals surface area contributed by atoms with Crippen LogP contribution in [-0.4, -0.2) is 56.7 Å². The van der Waals surface area contributed by atoms with Crippen molar-refractivity contribution < 1.29 is 13.2 Å². The van der Waals surface area contributed by atoms with Crippen molar-refractivity contribution in [1.29, 1.82) is 0 Å². The maximum atomic E-state index is 12.3. The summed E-state index contributed by atoms with van der Waals surface area (Å²) >= 11 is 1.64. The number of sulfone groups is 1. The molecule has 0 spiro atoms. The van der Waals surface area contributed by atoms with Crippen LogP contribution < -0.4 is 10.6 Å². The Labute approximate surface area is 177 Å². The van der Waals surface area contributed by atoms with Crippen LogP contribution in [-0.2, 0) is 21.1 Å². The predicted molar refractivity (Wildman–Crippen MR) is 117 cm³/mol. The van der Waals surface area contributed by atoms with E-state index in [0.29, 0.717) is 51.6 Å². The second-order valence-corrected chi connectivity index (χ2v) is 10.1. The van der Waals surface area contributed by atoms with Crippen molar-refractivity contribution in [2.75, 3.05) is 32.6 Å². The minimum absolute atomic E-state index is 0. The fraction of sp³-hybridized carbons (Fsp3) is 0.750. The number of ether oxygens (including phenoxy) is 1. The fourth-order valence-corrected chi connectivity index (χ4v) is 4.98. The molecule has 0 aliphatic carbocycles. The van der Waals surface area contributed by atoms with Crippen LogP contribution in [0.3, 0.4) is 0 Å². The van der Waals surface area contributed by atoms with E-state index in [1.54, 1.807) is 11.3 Å². The van der Waals surface area contributed by atoms with Gasteiger partial charge in [-0.1, -0.05) is 0 Å². The topological polar surface area (TPSA) is 92.7 Å². The van der Waals surface area contributed by atoms with Gasteiger partial charge < -0.3 is 15.4 Å². The molecule has 1 aliphatic heterocycles. The summed E-state index contributed by atoms with van der Waals surface area (Å²) in [5, 5.41) is 7.43. The van der Waals surface area contributed by atoms with Gasteiger partial charge in [0.25, 0.3) is 0 Å². The molecule has 1 aliphatic rings. The number of aryl methyl sites for hydroxylation is 2. The third kappa shape index (κ3) is 6.03. The first kappa shape index (κ1) is 23.6.